The standard InChI is InChI=1S/C12H14F4N2O2S/c13-9-4-10(17)6-11(5-9)21(19,20)18-3-1-2-8(7-18)12(14,15)16/h4-6,8H,1-3,7,17H2. The average Bonchev–Trinajstić information content (AvgIpc) is 2.36. The Kier molecular flexibility index (Phi) is 4.16. The van der Waals surface area contributed by atoms with Crippen LogP contribution in [-0.4, -0.2) is 32.0 Å². The lowest BCUT2D eigenvalue weighted by Gasteiger charge is -2.32. The van der Waals surface area contributed by atoms with Crippen LogP contribution in [0.4, 0.5) is 23.2 Å². The van der Waals surface area contributed by atoms with Gasteiger partial charge in [0, 0.05) is 18.8 Å². The molecule has 0 bridgehead atoms. The first-order chi connectivity index (χ1) is 9.60. The van der Waals surface area contributed by atoms with Gasteiger partial charge in [-0.25, -0.2) is 12.8 Å². The van der Waals surface area contributed by atoms with Gasteiger partial charge in [-0.15, -0.1) is 0 Å². The third kappa shape index (κ3) is 3.46. The summed E-state index contributed by atoms with van der Waals surface area (Å²) in [5.41, 5.74) is 5.28. The minimum atomic E-state index is -4.45. The summed E-state index contributed by atoms with van der Waals surface area (Å²) >= 11 is 0. The topological polar surface area (TPSA) is 63.4 Å². The molecule has 1 aliphatic heterocycles. The van der Waals surface area contributed by atoms with Gasteiger partial charge in [0.1, 0.15) is 5.82 Å². The normalized spacial score (nSPS) is 21.4. The molecule has 0 saturated carbocycles. The van der Waals surface area contributed by atoms with Gasteiger partial charge in [-0.05, 0) is 31.0 Å². The number of alkyl halides is 3. The van der Waals surface area contributed by atoms with Crippen LogP contribution in [0.2, 0.25) is 0 Å². The van der Waals surface area contributed by atoms with Crippen molar-refractivity contribution in [2.24, 2.45) is 5.92 Å². The zero-order valence-electron chi connectivity index (χ0n) is 10.9. The molecule has 1 unspecified atom stereocenters. The highest BCUT2D eigenvalue weighted by Gasteiger charge is 2.44. The minimum absolute atomic E-state index is 0.0225. The fraction of sp³-hybridized carbons (Fsp3) is 0.500. The number of hydrogen-bond donors (Lipinski definition) is 1. The molecule has 9 heteroatoms. The second-order valence-corrected chi connectivity index (χ2v) is 6.90. The lowest BCUT2D eigenvalue weighted by Crippen LogP contribution is -2.44. The van der Waals surface area contributed by atoms with Crippen LogP contribution in [0.5, 0.6) is 0 Å². The second kappa shape index (κ2) is 5.45. The third-order valence-corrected chi connectivity index (χ3v) is 5.22. The maximum Gasteiger partial charge on any atom is 0.393 e. The van der Waals surface area contributed by atoms with Gasteiger partial charge in [-0.3, -0.25) is 0 Å². The van der Waals surface area contributed by atoms with Gasteiger partial charge < -0.3 is 5.73 Å². The van der Waals surface area contributed by atoms with E-state index in [4.69, 9.17) is 5.73 Å². The Morgan fingerprint density at radius 3 is 2.48 bits per heavy atom. The molecule has 1 aromatic carbocycles. The van der Waals surface area contributed by atoms with E-state index in [0.717, 1.165) is 22.5 Å². The number of anilines is 1. The summed E-state index contributed by atoms with van der Waals surface area (Å²) in [5, 5.41) is 0. The first-order valence-electron chi connectivity index (χ1n) is 6.23. The van der Waals surface area contributed by atoms with E-state index in [1.165, 1.54) is 0 Å². The van der Waals surface area contributed by atoms with E-state index in [9.17, 15) is 26.0 Å². The first kappa shape index (κ1) is 16.0. The van der Waals surface area contributed by atoms with Crippen LogP contribution in [0.15, 0.2) is 23.1 Å². The number of piperidine rings is 1. The van der Waals surface area contributed by atoms with Crippen molar-refractivity contribution in [3.63, 3.8) is 0 Å². The molecule has 118 valence electrons. The predicted molar refractivity (Wildman–Crippen MR) is 68.4 cm³/mol. The van der Waals surface area contributed by atoms with Crippen molar-refractivity contribution in [1.82, 2.24) is 4.31 Å². The maximum absolute atomic E-state index is 13.2. The van der Waals surface area contributed by atoms with E-state index in [0.29, 0.717) is 0 Å². The summed E-state index contributed by atoms with van der Waals surface area (Å²) in [6, 6.07) is 2.73. The van der Waals surface area contributed by atoms with Gasteiger partial charge in [-0.1, -0.05) is 0 Å². The number of halogens is 4. The quantitative estimate of drug-likeness (QED) is 0.670. The molecule has 0 spiro atoms. The summed E-state index contributed by atoms with van der Waals surface area (Å²) in [5.74, 6) is -2.55. The Balaban J connectivity index is 2.31. The number of hydrogen-bond acceptors (Lipinski definition) is 3. The Morgan fingerprint density at radius 2 is 1.90 bits per heavy atom. The highest BCUT2D eigenvalue weighted by atomic mass is 32.2. The van der Waals surface area contributed by atoms with Crippen molar-refractivity contribution in [3.05, 3.63) is 24.0 Å². The zero-order chi connectivity index (χ0) is 15.8. The fourth-order valence-electron chi connectivity index (χ4n) is 2.31. The molecule has 4 nitrogen and oxygen atoms in total. The number of nitrogens with two attached hydrogens (primary N) is 1. The van der Waals surface area contributed by atoms with E-state index in [1.54, 1.807) is 0 Å². The van der Waals surface area contributed by atoms with E-state index >= 15 is 0 Å². The number of nitrogens with zero attached hydrogens (tertiary/aromatic N) is 1. The average molecular weight is 326 g/mol. The molecule has 1 heterocycles. The van der Waals surface area contributed by atoms with Crippen molar-refractivity contribution in [2.45, 2.75) is 23.9 Å². The molecule has 1 aliphatic rings. The van der Waals surface area contributed by atoms with Crippen molar-refractivity contribution >= 4 is 15.7 Å². The van der Waals surface area contributed by atoms with Gasteiger partial charge in [0.2, 0.25) is 10.0 Å². The van der Waals surface area contributed by atoms with Crippen molar-refractivity contribution in [3.8, 4) is 0 Å². The summed E-state index contributed by atoms with van der Waals surface area (Å²) in [6.45, 7) is -0.673. The number of nitrogen functional groups attached to an aromatic ring is 1. The Morgan fingerprint density at radius 1 is 1.24 bits per heavy atom. The lowest BCUT2D eigenvalue weighted by molar-refractivity contribution is -0.182. The molecule has 0 aliphatic carbocycles. The Bertz CT molecular complexity index is 610. The van der Waals surface area contributed by atoms with Crippen LogP contribution in [-0.2, 0) is 10.0 Å². The molecular weight excluding hydrogens is 312 g/mol. The number of sulfonamides is 1. The van der Waals surface area contributed by atoms with Crippen LogP contribution in [0.25, 0.3) is 0 Å². The van der Waals surface area contributed by atoms with E-state index in [1.807, 2.05) is 0 Å². The highest BCUT2D eigenvalue weighted by molar-refractivity contribution is 7.89. The predicted octanol–water partition coefficient (Wildman–Crippen LogP) is 2.37. The molecule has 1 saturated heterocycles. The molecule has 1 fully saturated rings. The summed E-state index contributed by atoms with van der Waals surface area (Å²) < 4.78 is 76.8. The van der Waals surface area contributed by atoms with Crippen molar-refractivity contribution in [2.75, 3.05) is 18.8 Å². The van der Waals surface area contributed by atoms with Gasteiger partial charge in [0.25, 0.3) is 0 Å². The number of rotatable bonds is 2. The van der Waals surface area contributed by atoms with E-state index in [-0.39, 0.29) is 25.1 Å². The smallest absolute Gasteiger partial charge is 0.393 e. The molecule has 1 aromatic rings. The van der Waals surface area contributed by atoms with Gasteiger partial charge in [0.15, 0.2) is 0 Å². The van der Waals surface area contributed by atoms with Crippen LogP contribution >= 0.6 is 0 Å². The molecule has 2 rings (SSSR count). The minimum Gasteiger partial charge on any atom is -0.399 e. The van der Waals surface area contributed by atoms with Crippen LogP contribution in [0, 0.1) is 11.7 Å². The van der Waals surface area contributed by atoms with E-state index < -0.39 is 39.4 Å². The zero-order valence-corrected chi connectivity index (χ0v) is 11.7. The van der Waals surface area contributed by atoms with Crippen LogP contribution < -0.4 is 5.73 Å². The molecule has 0 aromatic heterocycles. The molecule has 0 amide bonds. The monoisotopic (exact) mass is 326 g/mol. The van der Waals surface area contributed by atoms with Gasteiger partial charge in [0.05, 0.1) is 10.8 Å². The lowest BCUT2D eigenvalue weighted by atomic mass is 9.99. The first-order valence-corrected chi connectivity index (χ1v) is 7.67. The summed E-state index contributed by atoms with van der Waals surface area (Å²) in [4.78, 5) is -0.428. The van der Waals surface area contributed by atoms with Crippen molar-refractivity contribution in [1.29, 1.82) is 0 Å². The maximum atomic E-state index is 13.2. The van der Waals surface area contributed by atoms with Gasteiger partial charge in [-0.2, -0.15) is 17.5 Å². The number of benzene rings is 1. The Hall–Kier alpha value is -1.35. The van der Waals surface area contributed by atoms with Crippen molar-refractivity contribution < 1.29 is 26.0 Å². The SMILES string of the molecule is Nc1cc(F)cc(S(=O)(=O)N2CCCC(C(F)(F)F)C2)c1. The molecule has 21 heavy (non-hydrogen) atoms. The second-order valence-electron chi connectivity index (χ2n) is 4.96. The summed E-state index contributed by atoms with van der Waals surface area (Å²) in [7, 11) is -4.19. The fourth-order valence-corrected chi connectivity index (χ4v) is 3.90. The third-order valence-electron chi connectivity index (χ3n) is 3.38. The Labute approximate surface area is 119 Å². The van der Waals surface area contributed by atoms with Gasteiger partial charge >= 0.3 is 6.18 Å². The molecule has 1 atom stereocenters. The molecule has 2 N–H and O–H groups in total. The largest absolute Gasteiger partial charge is 0.399 e. The van der Waals surface area contributed by atoms with Crippen LogP contribution in [0.1, 0.15) is 12.8 Å². The molecule has 0 radical (unpaired) electrons. The van der Waals surface area contributed by atoms with Crippen LogP contribution in [0.3, 0.4) is 0 Å². The highest BCUT2D eigenvalue weighted by Crippen LogP contribution is 2.35. The molecular formula is C12H14F4N2O2S. The van der Waals surface area contributed by atoms with E-state index in [2.05, 4.69) is 0 Å². The summed E-state index contributed by atoms with van der Waals surface area (Å²) in [6.07, 6.45) is -4.45.